The fourth-order valence-corrected chi connectivity index (χ4v) is 3.55. The molecule has 2 atom stereocenters. The number of halogens is 1. The molecule has 2 aromatic rings. The van der Waals surface area contributed by atoms with Gasteiger partial charge in [-0.1, -0.05) is 0 Å². The summed E-state index contributed by atoms with van der Waals surface area (Å²) < 4.78 is 13.9. The summed E-state index contributed by atoms with van der Waals surface area (Å²) in [6.07, 6.45) is 6.91. The molecule has 110 valence electrons. The van der Waals surface area contributed by atoms with Crippen LogP contribution in [-0.2, 0) is 0 Å². The molecule has 2 fully saturated rings. The van der Waals surface area contributed by atoms with Crippen molar-refractivity contribution >= 4 is 16.7 Å². The molecule has 1 aromatic carbocycles. The monoisotopic (exact) mass is 286 g/mol. The van der Waals surface area contributed by atoms with Gasteiger partial charge in [0.15, 0.2) is 5.82 Å². The molecule has 1 saturated carbocycles. The summed E-state index contributed by atoms with van der Waals surface area (Å²) in [7, 11) is 0. The van der Waals surface area contributed by atoms with Crippen LogP contribution in [0, 0.1) is 17.7 Å². The van der Waals surface area contributed by atoms with Crippen molar-refractivity contribution < 1.29 is 4.39 Å². The van der Waals surface area contributed by atoms with E-state index in [9.17, 15) is 4.39 Å². The Morgan fingerprint density at radius 2 is 1.81 bits per heavy atom. The molecule has 4 rings (SSSR count). The number of aromatic nitrogens is 2. The van der Waals surface area contributed by atoms with E-state index in [0.717, 1.165) is 31.1 Å². The Labute approximate surface area is 123 Å². The van der Waals surface area contributed by atoms with Gasteiger partial charge >= 0.3 is 0 Å². The zero-order valence-electron chi connectivity index (χ0n) is 11.9. The molecule has 2 aliphatic rings. The van der Waals surface area contributed by atoms with E-state index in [-0.39, 0.29) is 11.9 Å². The van der Waals surface area contributed by atoms with Gasteiger partial charge in [0.1, 0.15) is 11.0 Å². The van der Waals surface area contributed by atoms with Crippen molar-refractivity contribution in [3.05, 3.63) is 30.3 Å². The maximum Gasteiger partial charge on any atom is 0.151 e. The highest BCUT2D eigenvalue weighted by Crippen LogP contribution is 2.42. The number of hydrogen-bond donors (Lipinski definition) is 1. The number of hydrogen-bond acceptors (Lipinski definition) is 4. The fourth-order valence-electron chi connectivity index (χ4n) is 3.55. The maximum atomic E-state index is 13.9. The number of fused-ring (bicyclic) bond motifs is 1. The Bertz CT molecular complexity index is 670. The van der Waals surface area contributed by atoms with E-state index < -0.39 is 0 Å². The SMILES string of the molecule is NC1CC(C2CC2)CN(c2ccc(F)c3nccnc23)C1. The summed E-state index contributed by atoms with van der Waals surface area (Å²) >= 11 is 0. The third-order valence-corrected chi connectivity index (χ3v) is 4.70. The lowest BCUT2D eigenvalue weighted by Crippen LogP contribution is -2.47. The van der Waals surface area contributed by atoms with Crippen LogP contribution < -0.4 is 10.6 Å². The third kappa shape index (κ3) is 2.35. The van der Waals surface area contributed by atoms with Crippen LogP contribution in [0.25, 0.3) is 11.0 Å². The maximum absolute atomic E-state index is 13.9. The molecular weight excluding hydrogens is 267 g/mol. The zero-order valence-corrected chi connectivity index (χ0v) is 11.9. The Balaban J connectivity index is 1.73. The van der Waals surface area contributed by atoms with E-state index in [1.54, 1.807) is 6.20 Å². The number of piperidine rings is 1. The van der Waals surface area contributed by atoms with Gasteiger partial charge in [-0.3, -0.25) is 4.98 Å². The molecule has 0 bridgehead atoms. The molecule has 2 heterocycles. The molecule has 0 amide bonds. The lowest BCUT2D eigenvalue weighted by Gasteiger charge is -2.38. The van der Waals surface area contributed by atoms with Crippen molar-refractivity contribution in [3.8, 4) is 0 Å². The largest absolute Gasteiger partial charge is 0.368 e. The highest BCUT2D eigenvalue weighted by atomic mass is 19.1. The van der Waals surface area contributed by atoms with E-state index in [1.165, 1.54) is 25.1 Å². The first kappa shape index (κ1) is 13.0. The topological polar surface area (TPSA) is 55.0 Å². The van der Waals surface area contributed by atoms with Gasteiger partial charge in [0.2, 0.25) is 0 Å². The second-order valence-corrected chi connectivity index (χ2v) is 6.32. The minimum atomic E-state index is -0.318. The molecule has 2 unspecified atom stereocenters. The Morgan fingerprint density at radius 3 is 2.57 bits per heavy atom. The minimum Gasteiger partial charge on any atom is -0.368 e. The van der Waals surface area contributed by atoms with Gasteiger partial charge in [-0.25, -0.2) is 9.37 Å². The number of nitrogens with zero attached hydrogens (tertiary/aromatic N) is 3. The smallest absolute Gasteiger partial charge is 0.151 e. The molecule has 1 aromatic heterocycles. The molecule has 4 nitrogen and oxygen atoms in total. The number of anilines is 1. The van der Waals surface area contributed by atoms with Crippen molar-refractivity contribution in [1.29, 1.82) is 0 Å². The number of benzene rings is 1. The Morgan fingerprint density at radius 1 is 1.05 bits per heavy atom. The van der Waals surface area contributed by atoms with Crippen molar-refractivity contribution in [3.63, 3.8) is 0 Å². The predicted octanol–water partition coefficient (Wildman–Crippen LogP) is 2.33. The van der Waals surface area contributed by atoms with Crippen molar-refractivity contribution in [2.75, 3.05) is 18.0 Å². The number of nitrogens with two attached hydrogens (primary N) is 1. The average Bonchev–Trinajstić information content (AvgIpc) is 3.32. The normalized spacial score (nSPS) is 26.3. The van der Waals surface area contributed by atoms with E-state index in [1.807, 2.05) is 6.07 Å². The second-order valence-electron chi connectivity index (χ2n) is 6.32. The predicted molar refractivity (Wildman–Crippen MR) is 80.5 cm³/mol. The van der Waals surface area contributed by atoms with Gasteiger partial charge in [-0.05, 0) is 43.2 Å². The van der Waals surface area contributed by atoms with Gasteiger partial charge in [0, 0.05) is 31.5 Å². The number of rotatable bonds is 2. The first-order chi connectivity index (χ1) is 10.2. The minimum absolute atomic E-state index is 0.182. The van der Waals surface area contributed by atoms with Crippen LogP contribution >= 0.6 is 0 Å². The molecule has 21 heavy (non-hydrogen) atoms. The van der Waals surface area contributed by atoms with Gasteiger partial charge in [0.25, 0.3) is 0 Å². The first-order valence-electron chi connectivity index (χ1n) is 7.62. The van der Waals surface area contributed by atoms with E-state index in [2.05, 4.69) is 14.9 Å². The van der Waals surface area contributed by atoms with E-state index in [0.29, 0.717) is 17.0 Å². The fraction of sp³-hybridized carbons (Fsp3) is 0.500. The van der Waals surface area contributed by atoms with Crippen LogP contribution in [0.4, 0.5) is 10.1 Å². The molecule has 5 heteroatoms. The standard InChI is InChI=1S/C16H19FN4/c17-13-3-4-14(16-15(13)19-5-6-20-16)21-8-11(10-1-2-10)7-12(18)9-21/h3-6,10-12H,1-2,7-9,18H2. The molecule has 1 aliphatic heterocycles. The summed E-state index contributed by atoms with van der Waals surface area (Å²) in [4.78, 5) is 10.7. The first-order valence-corrected chi connectivity index (χ1v) is 7.62. The van der Waals surface area contributed by atoms with Crippen LogP contribution in [0.5, 0.6) is 0 Å². The summed E-state index contributed by atoms with van der Waals surface area (Å²) in [6.45, 7) is 1.80. The highest BCUT2D eigenvalue weighted by molar-refractivity contribution is 5.88. The van der Waals surface area contributed by atoms with Gasteiger partial charge in [0.05, 0.1) is 5.69 Å². The van der Waals surface area contributed by atoms with E-state index in [4.69, 9.17) is 5.73 Å². The van der Waals surface area contributed by atoms with Gasteiger partial charge < -0.3 is 10.6 Å². The summed E-state index contributed by atoms with van der Waals surface area (Å²) in [5.74, 6) is 1.17. The molecular formula is C16H19FN4. The molecule has 2 N–H and O–H groups in total. The quantitative estimate of drug-likeness (QED) is 0.920. The van der Waals surface area contributed by atoms with Crippen molar-refractivity contribution in [2.24, 2.45) is 17.6 Å². The third-order valence-electron chi connectivity index (χ3n) is 4.70. The lowest BCUT2D eigenvalue weighted by molar-refractivity contribution is 0.342. The molecule has 1 saturated heterocycles. The molecule has 1 aliphatic carbocycles. The highest BCUT2D eigenvalue weighted by Gasteiger charge is 2.37. The van der Waals surface area contributed by atoms with Crippen molar-refractivity contribution in [2.45, 2.75) is 25.3 Å². The van der Waals surface area contributed by atoms with Gasteiger partial charge in [-0.2, -0.15) is 0 Å². The van der Waals surface area contributed by atoms with Crippen LogP contribution in [-0.4, -0.2) is 29.1 Å². The molecule has 0 spiro atoms. The van der Waals surface area contributed by atoms with Crippen LogP contribution in [0.2, 0.25) is 0 Å². The van der Waals surface area contributed by atoms with Crippen LogP contribution in [0.3, 0.4) is 0 Å². The van der Waals surface area contributed by atoms with Crippen LogP contribution in [0.15, 0.2) is 24.5 Å². The lowest BCUT2D eigenvalue weighted by atomic mass is 9.90. The summed E-state index contributed by atoms with van der Waals surface area (Å²) in [6, 6.07) is 3.48. The summed E-state index contributed by atoms with van der Waals surface area (Å²) in [5.41, 5.74) is 8.18. The average molecular weight is 286 g/mol. The van der Waals surface area contributed by atoms with Crippen molar-refractivity contribution in [1.82, 2.24) is 9.97 Å². The Hall–Kier alpha value is -1.75. The summed E-state index contributed by atoms with van der Waals surface area (Å²) in [5, 5.41) is 0. The zero-order chi connectivity index (χ0) is 14.4. The van der Waals surface area contributed by atoms with Crippen LogP contribution in [0.1, 0.15) is 19.3 Å². The van der Waals surface area contributed by atoms with E-state index >= 15 is 0 Å². The Kier molecular flexibility index (Phi) is 3.03. The second kappa shape index (κ2) is 4.91. The molecule has 0 radical (unpaired) electrons. The van der Waals surface area contributed by atoms with Gasteiger partial charge in [-0.15, -0.1) is 0 Å².